The van der Waals surface area contributed by atoms with Crippen LogP contribution in [-0.4, -0.2) is 29.6 Å². The van der Waals surface area contributed by atoms with Gasteiger partial charge >= 0.3 is 0 Å². The highest BCUT2D eigenvalue weighted by Crippen LogP contribution is 2.45. The molecule has 0 unspecified atom stereocenters. The number of fused-ring (bicyclic) bond motifs is 8. The van der Waals surface area contributed by atoms with E-state index in [-0.39, 0.29) is 13.4 Å². The SMILES string of the molecule is CC.CC.CC.CC.CC.CC.CC.CC.CC.CC.C[Si](C)(C)c1ccc(N2c3ccccc3B3c4ccccc4N(c4ccccc4)c4cccc2c43)cc1.C[Si](C)(C)c1ccc2c(c1)B1c3ccccc3N(c3ccccc3)c3cccc(c31)N2c1ccccc1. The first kappa shape index (κ1) is 80.2. The lowest BCUT2D eigenvalue weighted by Crippen LogP contribution is -2.62. The summed E-state index contributed by atoms with van der Waals surface area (Å²) in [5, 5.41) is 2.99. The van der Waals surface area contributed by atoms with E-state index in [0.29, 0.717) is 0 Å². The number of rotatable bonds is 6. The van der Waals surface area contributed by atoms with Crippen LogP contribution >= 0.6 is 0 Å². The largest absolute Gasteiger partial charge is 0.311 e. The van der Waals surface area contributed by atoms with Crippen LogP contribution < -0.4 is 62.7 Å². The summed E-state index contributed by atoms with van der Waals surface area (Å²) in [7, 11) is -2.89. The fourth-order valence-corrected chi connectivity index (χ4v) is 14.5. The molecule has 10 aromatic rings. The maximum absolute atomic E-state index is 2.52. The molecule has 0 fully saturated rings. The van der Waals surface area contributed by atoms with Crippen molar-refractivity contribution in [1.29, 1.82) is 0 Å². The number of para-hydroxylation sites is 6. The van der Waals surface area contributed by atoms with Gasteiger partial charge in [0.25, 0.3) is 13.4 Å². The van der Waals surface area contributed by atoms with Gasteiger partial charge in [-0.2, -0.15) is 0 Å². The van der Waals surface area contributed by atoms with Gasteiger partial charge in [-0.05, 0) is 130 Å². The Hall–Kier alpha value is -8.04. The van der Waals surface area contributed by atoms with Gasteiger partial charge in [0.1, 0.15) is 0 Å². The third-order valence-corrected chi connectivity index (χ3v) is 19.7. The number of hydrogen-bond donors (Lipinski definition) is 0. The van der Waals surface area contributed by atoms with Crippen molar-refractivity contribution >= 4 is 141 Å². The Morgan fingerprint density at radius 2 is 0.426 bits per heavy atom. The second-order valence-electron chi connectivity index (χ2n) is 22.1. The minimum absolute atomic E-state index is 0.189. The second kappa shape index (κ2) is 40.3. The molecule has 0 atom stereocenters. The molecule has 0 amide bonds. The zero-order valence-electron chi connectivity index (χ0n) is 63.0. The van der Waals surface area contributed by atoms with Crippen molar-refractivity contribution in [2.75, 3.05) is 19.6 Å². The van der Waals surface area contributed by atoms with E-state index in [2.05, 4.69) is 302 Å². The van der Waals surface area contributed by atoms with E-state index in [1.807, 2.05) is 138 Å². The summed E-state index contributed by atoms with van der Waals surface area (Å²) in [5.74, 6) is 0. The molecule has 496 valence electrons. The first-order chi connectivity index (χ1) is 46.0. The normalized spacial score (nSPS) is 11.4. The van der Waals surface area contributed by atoms with Crippen molar-refractivity contribution in [3.05, 3.63) is 243 Å². The summed E-state index contributed by atoms with van der Waals surface area (Å²) in [6, 6.07) is 89.4. The van der Waals surface area contributed by atoms with E-state index >= 15 is 0 Å². The Labute approximate surface area is 577 Å². The highest BCUT2D eigenvalue weighted by molar-refractivity contribution is 7.01. The lowest BCUT2D eigenvalue weighted by atomic mass is 9.33. The highest BCUT2D eigenvalue weighted by atomic mass is 28.3. The Bertz CT molecular complexity index is 3720. The van der Waals surface area contributed by atoms with Gasteiger partial charge in [-0.25, -0.2) is 0 Å². The molecule has 0 spiro atoms. The van der Waals surface area contributed by atoms with Crippen molar-refractivity contribution in [3.8, 4) is 0 Å². The Balaban J connectivity index is 0.000000388. The lowest BCUT2D eigenvalue weighted by molar-refractivity contribution is 1.25. The first-order valence-electron chi connectivity index (χ1n) is 36.2. The average Bonchev–Trinajstić information content (AvgIpc) is 0.712. The van der Waals surface area contributed by atoms with Crippen LogP contribution in [0.25, 0.3) is 0 Å². The second-order valence-corrected chi connectivity index (χ2v) is 32.3. The number of nitrogens with zero attached hydrogens (tertiary/aromatic N) is 4. The fourth-order valence-electron chi connectivity index (χ4n) is 12.1. The van der Waals surface area contributed by atoms with E-state index < -0.39 is 16.1 Å². The van der Waals surface area contributed by atoms with E-state index in [1.165, 1.54) is 111 Å². The molecular weight excluding hydrogens is 1170 g/mol. The molecule has 0 aromatic heterocycles. The Kier molecular flexibility index (Phi) is 34.4. The summed E-state index contributed by atoms with van der Waals surface area (Å²) >= 11 is 0. The van der Waals surface area contributed by atoms with Gasteiger partial charge < -0.3 is 19.6 Å². The van der Waals surface area contributed by atoms with E-state index in [1.54, 1.807) is 0 Å². The molecule has 0 saturated heterocycles. The Morgan fingerprint density at radius 3 is 0.713 bits per heavy atom. The van der Waals surface area contributed by atoms with Gasteiger partial charge in [0.2, 0.25) is 0 Å². The van der Waals surface area contributed by atoms with Gasteiger partial charge in [0, 0.05) is 68.2 Å². The minimum Gasteiger partial charge on any atom is -0.311 e. The molecule has 0 aliphatic carbocycles. The predicted octanol–water partition coefficient (Wildman–Crippen LogP) is 22.9. The predicted molar refractivity (Wildman–Crippen MR) is 440 cm³/mol. The summed E-state index contributed by atoms with van der Waals surface area (Å²) < 4.78 is 0. The summed E-state index contributed by atoms with van der Waals surface area (Å²) in [4.78, 5) is 9.82. The van der Waals surface area contributed by atoms with Gasteiger partial charge in [-0.15, -0.1) is 0 Å². The molecule has 4 heterocycles. The van der Waals surface area contributed by atoms with Crippen LogP contribution in [0.5, 0.6) is 0 Å². The molecule has 8 heteroatoms. The topological polar surface area (TPSA) is 13.0 Å². The maximum atomic E-state index is 2.52. The summed E-state index contributed by atoms with van der Waals surface area (Å²) in [5.41, 5.74) is 23.1. The van der Waals surface area contributed by atoms with Crippen LogP contribution in [0.15, 0.2) is 243 Å². The lowest BCUT2D eigenvalue weighted by Gasteiger charge is -2.44. The number of benzene rings is 10. The molecule has 4 aliphatic heterocycles. The zero-order valence-corrected chi connectivity index (χ0v) is 65.0. The van der Waals surface area contributed by atoms with Crippen molar-refractivity contribution in [2.45, 2.75) is 178 Å². The van der Waals surface area contributed by atoms with Crippen molar-refractivity contribution < 1.29 is 0 Å². The highest BCUT2D eigenvalue weighted by Gasteiger charge is 2.45. The maximum Gasteiger partial charge on any atom is 0.252 e. The van der Waals surface area contributed by atoms with E-state index in [9.17, 15) is 0 Å². The van der Waals surface area contributed by atoms with Gasteiger partial charge in [-0.1, -0.05) is 334 Å². The zero-order chi connectivity index (χ0) is 70.3. The minimum atomic E-state index is -1.51. The van der Waals surface area contributed by atoms with Crippen LogP contribution in [0.1, 0.15) is 138 Å². The van der Waals surface area contributed by atoms with E-state index in [0.717, 1.165) is 0 Å². The average molecular weight is 1290 g/mol. The number of hydrogen-bond acceptors (Lipinski definition) is 4. The summed E-state index contributed by atoms with van der Waals surface area (Å²) in [6.45, 7) is 54.9. The van der Waals surface area contributed by atoms with Gasteiger partial charge in [-0.3, -0.25) is 0 Å². The molecule has 0 radical (unpaired) electrons. The van der Waals surface area contributed by atoms with Crippen molar-refractivity contribution in [2.24, 2.45) is 0 Å². The fraction of sp³-hybridized carbons (Fsp3) is 0.302. The third-order valence-electron chi connectivity index (χ3n) is 15.6. The molecule has 0 bridgehead atoms. The molecule has 4 nitrogen and oxygen atoms in total. The molecule has 94 heavy (non-hydrogen) atoms. The standard InChI is InChI=1S/2C33H29BN2Si.10C2H6/c1-37(2,3)26-21-22-30-28(23-26)34-27-17-10-11-18-29(27)35(24-13-6-4-7-14-24)31-19-12-20-32(33(31)34)36(30)25-15-8-5-9-16-25;1-37(2,3)26-22-20-25(21-23-26)36-30-17-10-8-15-28(30)34-27-14-7-9-16-29(27)35(24-12-5-4-6-13-24)31-18-11-19-32(36)33(31)34;10*1-2/h2*4-23H,1-3H3;10*1-2H3. The molecular formula is C86H118B2N4Si2. The quantitative estimate of drug-likeness (QED) is 0.154. The van der Waals surface area contributed by atoms with Crippen LogP contribution in [-0.2, 0) is 0 Å². The van der Waals surface area contributed by atoms with E-state index in [4.69, 9.17) is 0 Å². The van der Waals surface area contributed by atoms with Crippen molar-refractivity contribution in [3.63, 3.8) is 0 Å². The molecule has 14 rings (SSSR count). The molecule has 10 aromatic carbocycles. The number of anilines is 12. The van der Waals surface area contributed by atoms with Crippen LogP contribution in [0, 0.1) is 0 Å². The summed E-state index contributed by atoms with van der Waals surface area (Å²) in [6.07, 6.45) is 0. The Morgan fingerprint density at radius 1 is 0.202 bits per heavy atom. The molecule has 4 aliphatic rings. The first-order valence-corrected chi connectivity index (χ1v) is 43.2. The smallest absolute Gasteiger partial charge is 0.252 e. The molecule has 0 N–H and O–H groups in total. The third kappa shape index (κ3) is 17.1. The van der Waals surface area contributed by atoms with Crippen molar-refractivity contribution in [1.82, 2.24) is 0 Å². The van der Waals surface area contributed by atoms with Crippen LogP contribution in [0.4, 0.5) is 68.2 Å². The van der Waals surface area contributed by atoms with Crippen LogP contribution in [0.2, 0.25) is 39.3 Å². The van der Waals surface area contributed by atoms with Gasteiger partial charge in [0.05, 0.1) is 16.1 Å². The van der Waals surface area contributed by atoms with Crippen LogP contribution in [0.3, 0.4) is 0 Å². The monoisotopic (exact) mass is 1280 g/mol. The molecule has 0 saturated carbocycles. The van der Waals surface area contributed by atoms with Gasteiger partial charge in [0.15, 0.2) is 0 Å².